The van der Waals surface area contributed by atoms with Crippen molar-refractivity contribution in [1.82, 2.24) is 103 Å². The minimum atomic E-state index is -1.31. The summed E-state index contributed by atoms with van der Waals surface area (Å²) < 4.78 is 98.0. The molecule has 1 fully saturated rings. The molecule has 5 atom stereocenters. The minimum Gasteiger partial charge on any atom is -0.396 e. The lowest BCUT2D eigenvalue weighted by atomic mass is 10.1. The van der Waals surface area contributed by atoms with E-state index in [0.717, 1.165) is 194 Å². The van der Waals surface area contributed by atoms with Crippen molar-refractivity contribution >= 4 is 230 Å². The number of fused-ring (bicyclic) bond motifs is 5. The smallest absolute Gasteiger partial charge is 0.268 e. The zero-order valence-electron chi connectivity index (χ0n) is 82.8. The number of pyridine rings is 5. The molecule has 1 saturated carbocycles. The predicted octanol–water partition coefficient (Wildman–Crippen LogP) is 18.9. The largest absolute Gasteiger partial charge is 0.396 e. The van der Waals surface area contributed by atoms with Crippen LogP contribution < -0.4 is 34.4 Å². The molecular formula is C97H107N27O10S13. The quantitative estimate of drug-likeness (QED) is 0.0201. The molecule has 1 aliphatic carbocycles. The Morgan fingerprint density at radius 2 is 0.803 bits per heavy atom. The molecule has 0 aromatic carbocycles. The fourth-order valence-electron chi connectivity index (χ4n) is 16.3. The highest BCUT2D eigenvalue weighted by Crippen LogP contribution is 2.51. The van der Waals surface area contributed by atoms with Gasteiger partial charge in [0.1, 0.15) is 118 Å². The molecule has 1 aliphatic rings. The fourth-order valence-corrected chi connectivity index (χ4v) is 31.5. The lowest BCUT2D eigenvalue weighted by molar-refractivity contribution is 0.0996. The van der Waals surface area contributed by atoms with Crippen molar-refractivity contribution in [3.8, 4) is 111 Å². The van der Waals surface area contributed by atoms with E-state index in [9.17, 15) is 25.8 Å². The van der Waals surface area contributed by atoms with E-state index in [4.69, 9.17) is 83.0 Å². The maximum absolute atomic E-state index is 12.9. The molecule has 21 rings (SSSR count). The fraction of sp³-hybridized carbons (Fsp3) is 0.320. The predicted molar refractivity (Wildman–Crippen MR) is 598 cm³/mol. The van der Waals surface area contributed by atoms with Crippen LogP contribution in [0.25, 0.3) is 162 Å². The zero-order valence-corrected chi connectivity index (χ0v) is 93.4. The van der Waals surface area contributed by atoms with Crippen LogP contribution in [-0.4, -0.2) is 200 Å². The third kappa shape index (κ3) is 22.1. The number of methoxy groups -OCH3 is 3. The zero-order chi connectivity index (χ0) is 104. The number of hydrogen-bond acceptors (Lipinski definition) is 38. The van der Waals surface area contributed by atoms with Crippen molar-refractivity contribution in [1.29, 1.82) is 0 Å². The first-order valence-corrected chi connectivity index (χ1v) is 59.6. The van der Waals surface area contributed by atoms with E-state index in [1.165, 1.54) is 80.9 Å². The van der Waals surface area contributed by atoms with Gasteiger partial charge in [0.2, 0.25) is 0 Å². The summed E-state index contributed by atoms with van der Waals surface area (Å²) in [7, 11) is 8.57. The van der Waals surface area contributed by atoms with E-state index < -0.39 is 59.9 Å². The number of nitrogen functional groups attached to an aromatic ring is 5. The van der Waals surface area contributed by atoms with Crippen molar-refractivity contribution in [2.75, 3.05) is 98.6 Å². The maximum atomic E-state index is 12.9. The molecule has 37 nitrogen and oxygen atoms in total. The lowest BCUT2D eigenvalue weighted by Gasteiger charge is -2.11. The first-order chi connectivity index (χ1) is 70.8. The molecule has 0 radical (unpaired) electrons. The molecule has 50 heteroatoms. The van der Waals surface area contributed by atoms with Gasteiger partial charge in [-0.15, -0.1) is 90.7 Å². The van der Waals surface area contributed by atoms with Gasteiger partial charge in [-0.1, -0.05) is 45.7 Å². The number of aromatic nitrogens is 21. The first kappa shape index (κ1) is 106. The van der Waals surface area contributed by atoms with Crippen LogP contribution in [0, 0.1) is 20.8 Å². The van der Waals surface area contributed by atoms with Crippen LogP contribution in [0.3, 0.4) is 0 Å². The van der Waals surface area contributed by atoms with E-state index in [0.29, 0.717) is 133 Å². The summed E-state index contributed by atoms with van der Waals surface area (Å²) in [6.45, 7) is 15.4. The Morgan fingerprint density at radius 3 is 1.13 bits per heavy atom. The van der Waals surface area contributed by atoms with Gasteiger partial charge < -0.3 is 76.0 Å². The van der Waals surface area contributed by atoms with Crippen LogP contribution in [0.1, 0.15) is 118 Å². The van der Waals surface area contributed by atoms with Crippen LogP contribution in [-0.2, 0) is 103 Å². The van der Waals surface area contributed by atoms with Gasteiger partial charge in [-0.3, -0.25) is 30.9 Å². The number of primary amides is 1. The number of nitrogens with one attached hydrogen (secondary N) is 1. The molecule has 0 saturated heterocycles. The Hall–Kier alpha value is -12.0. The Morgan fingerprint density at radius 1 is 0.442 bits per heavy atom. The number of thiazole rings is 3. The minimum absolute atomic E-state index is 0.187. The second-order valence-corrected chi connectivity index (χ2v) is 50.8. The number of carbonyl (C=O) groups is 1. The number of ether oxygens (including phenoxy) is 3. The average Bonchev–Trinajstić information content (AvgIpc) is 1.62. The van der Waals surface area contributed by atoms with E-state index in [2.05, 4.69) is 100 Å². The maximum Gasteiger partial charge on any atom is 0.268 e. The van der Waals surface area contributed by atoms with E-state index in [1.54, 1.807) is 92.6 Å². The molecule has 1 amide bonds. The number of aryl methyl sites for hydroxylation is 3. The molecular weight excluding hydrogens is 2120 g/mol. The normalized spacial score (nSPS) is 13.2. The number of imidazole rings is 5. The highest BCUT2D eigenvalue weighted by atomic mass is 32.2. The van der Waals surface area contributed by atoms with Gasteiger partial charge in [-0.25, -0.2) is 64.8 Å². The van der Waals surface area contributed by atoms with Gasteiger partial charge in [0.05, 0.1) is 197 Å². The van der Waals surface area contributed by atoms with Crippen molar-refractivity contribution in [3.05, 3.63) is 149 Å². The molecule has 0 aliphatic heterocycles. The van der Waals surface area contributed by atoms with Gasteiger partial charge in [0.15, 0.2) is 5.76 Å². The number of nitrogens with zero attached hydrogens (tertiary/aromatic N) is 20. The SMILES string of the molecule is CCCCS(=O)c1sc2nc(-c3nccs3)cc(-c3cnc(C(C)C)n3C)c2c1N.CCCCS(=O)c1sc2nc(-c3nccs3)cc(-c3cnc(C4CC4)n3C)c2c1N.COCCS(=O)c1sc2nc(-c3ccn[nH]3)cc(-c3cnc(C)n3C)c2c1N.COCCS(=O)c1sc2nc(-c3ccno3)cc(-c3cnc(C)n3C)c2c1N.COCCS(=O)c1sc2nc(-c3nc(C(N)=O)cs3)cc(-c3cnc(C)n3C)c2c1N. The number of carbonyl (C=O) groups excluding carboxylic acids is 1. The molecule has 147 heavy (non-hydrogen) atoms. The molecule has 5 unspecified atom stereocenters. The monoisotopic (exact) mass is 2230 g/mol. The van der Waals surface area contributed by atoms with Crippen molar-refractivity contribution in [3.63, 3.8) is 0 Å². The van der Waals surface area contributed by atoms with Gasteiger partial charge in [0.25, 0.3) is 5.91 Å². The van der Waals surface area contributed by atoms with Crippen molar-refractivity contribution in [2.24, 2.45) is 41.0 Å². The average molecular weight is 2230 g/mol. The Kier molecular flexibility index (Phi) is 33.6. The number of nitrogens with two attached hydrogens (primary N) is 6. The van der Waals surface area contributed by atoms with Gasteiger partial charge in [-0.05, 0) is 82.9 Å². The van der Waals surface area contributed by atoms with Crippen LogP contribution >= 0.6 is 90.7 Å². The summed E-state index contributed by atoms with van der Waals surface area (Å²) >= 11 is 11.2. The van der Waals surface area contributed by atoms with Gasteiger partial charge in [0, 0.05) is 175 Å². The van der Waals surface area contributed by atoms with Gasteiger partial charge in [-0.2, -0.15) is 5.10 Å². The molecule has 0 spiro atoms. The first-order valence-electron chi connectivity index (χ1n) is 46.3. The molecule has 768 valence electrons. The summed E-state index contributed by atoms with van der Waals surface area (Å²) in [5, 5.41) is 22.6. The Labute approximate surface area is 889 Å². The molecule has 0 bridgehead atoms. The highest BCUT2D eigenvalue weighted by Gasteiger charge is 2.34. The van der Waals surface area contributed by atoms with Crippen LogP contribution in [0.2, 0.25) is 0 Å². The third-order valence-electron chi connectivity index (χ3n) is 24.4. The van der Waals surface area contributed by atoms with Crippen LogP contribution in [0.15, 0.2) is 140 Å². The second-order valence-electron chi connectivity index (χ2n) is 34.3. The molecule has 13 N–H and O–H groups in total. The summed E-state index contributed by atoms with van der Waals surface area (Å²) in [6.07, 6.45) is 22.2. The third-order valence-corrected chi connectivity index (χ3v) is 41.5. The Balaban J connectivity index is 0.000000126. The number of hydrogen-bond donors (Lipinski definition) is 7. The van der Waals surface area contributed by atoms with Crippen molar-refractivity contribution < 1.29 is 44.6 Å². The van der Waals surface area contributed by atoms with Crippen LogP contribution in [0.5, 0.6) is 0 Å². The number of anilines is 5. The summed E-state index contributed by atoms with van der Waals surface area (Å²) in [6, 6.07) is 13.4. The number of aromatic amines is 1. The van der Waals surface area contributed by atoms with E-state index >= 15 is 0 Å². The second kappa shape index (κ2) is 46.4. The number of amides is 1. The standard InChI is InChI=1S/C21H23N5OS3.C21H25N5OS3.C19H20N6O3S3.C18H20N6O2S2.C18H19N5O3S2/c1-3-4-9-30(27)21-17(22)16-13(15-11-24-18(26(15)2)12-5-6-12)10-14(25-20(16)29-21)19-23-7-8-28-19;1-5-6-9-30(27)21-17(22)16-13(15-11-24-18(12(2)3)26(15)4)10-14(25-20(16)29-21)19-23-7-8-28-19;1-9-22-7-13(25(9)2)10-6-11(17-24-12(8-29-17)16(21)26)23-18-14(10)15(20)19(30-18)31(27)5-4-28-3;1-10-20-9-14(24(10)2)11-8-13(12-4-5-21-23-12)22-17-15(11)16(19)18(27-17)28(25)7-6-26-3;1-10-20-9-13(23(10)2)11-8-12(14-4-5-21-26-14)22-17-15(11)16(19)18(27-17)28(24)7-6-25-3/h7-8,10-12H,3-6,9,22H2,1-2H3;7-8,10-12H,5-6,9,22H2,1-4H3;6-8H,4-5,20H2,1-3H3,(H2,21,26);4-5,8-9H,6-7,19H2,1-3H3,(H,21,23);4-5,8-9H,6-7,19H2,1-3H3. The van der Waals surface area contributed by atoms with Gasteiger partial charge >= 0.3 is 0 Å². The lowest BCUT2D eigenvalue weighted by Crippen LogP contribution is -2.11. The summed E-state index contributed by atoms with van der Waals surface area (Å²) in [5.74, 6) is 7.89. The summed E-state index contributed by atoms with van der Waals surface area (Å²) in [4.78, 5) is 74.8. The van der Waals surface area contributed by atoms with Crippen molar-refractivity contribution in [2.45, 2.75) is 120 Å². The summed E-state index contributed by atoms with van der Waals surface area (Å²) in [5.41, 5.74) is 54.2. The molecule has 20 aromatic heterocycles. The molecule has 20 heterocycles. The number of rotatable bonds is 33. The number of unbranched alkanes of at least 4 members (excludes halogenated alkanes) is 2. The number of thiophene rings is 5. The van der Waals surface area contributed by atoms with Crippen LogP contribution in [0.4, 0.5) is 28.4 Å². The van der Waals surface area contributed by atoms with E-state index in [1.807, 2.05) is 122 Å². The topological polar surface area (TPSA) is 533 Å². The highest BCUT2D eigenvalue weighted by molar-refractivity contribution is 7.89. The van der Waals surface area contributed by atoms with E-state index in [-0.39, 0.29) is 5.69 Å². The molecule has 20 aromatic rings. The Bertz CT molecular complexity index is 7950. The number of H-pyrrole nitrogens is 1.